The summed E-state index contributed by atoms with van der Waals surface area (Å²) in [5.74, 6) is 1.97. The molecule has 0 aromatic carbocycles. The maximum atomic E-state index is 4.20. The Morgan fingerprint density at radius 1 is 1.24 bits per heavy atom. The average molecular weight is 232 g/mol. The van der Waals surface area contributed by atoms with Crippen molar-refractivity contribution in [1.29, 1.82) is 0 Å². The lowest BCUT2D eigenvalue weighted by Crippen LogP contribution is -2.21. The van der Waals surface area contributed by atoms with Gasteiger partial charge in [-0.3, -0.25) is 0 Å². The first-order valence-corrected chi connectivity index (χ1v) is 5.64. The van der Waals surface area contributed by atoms with Gasteiger partial charge in [0, 0.05) is 12.4 Å². The van der Waals surface area contributed by atoms with Crippen LogP contribution in [0.4, 0.5) is 0 Å². The Hall–Kier alpha value is -1.82. The maximum Gasteiger partial charge on any atom is 0.252 e. The van der Waals surface area contributed by atoms with Gasteiger partial charge in [0.1, 0.15) is 12.2 Å². The molecule has 0 spiro atoms. The van der Waals surface area contributed by atoms with Crippen molar-refractivity contribution < 1.29 is 0 Å². The van der Waals surface area contributed by atoms with Gasteiger partial charge in [-0.2, -0.15) is 9.78 Å². The zero-order valence-electron chi connectivity index (χ0n) is 10.0. The van der Waals surface area contributed by atoms with Crippen molar-refractivity contribution in [2.45, 2.75) is 20.4 Å². The van der Waals surface area contributed by atoms with Crippen molar-refractivity contribution in [1.82, 2.24) is 30.0 Å². The molecule has 90 valence electrons. The maximum absolute atomic E-state index is 4.20. The summed E-state index contributed by atoms with van der Waals surface area (Å²) in [4.78, 5) is 12.5. The molecule has 2 heterocycles. The molecule has 17 heavy (non-hydrogen) atoms. The van der Waals surface area contributed by atoms with Gasteiger partial charge in [-0.1, -0.05) is 13.8 Å². The van der Waals surface area contributed by atoms with Gasteiger partial charge in [0.2, 0.25) is 0 Å². The smallest absolute Gasteiger partial charge is 0.252 e. The molecule has 0 radical (unpaired) electrons. The first-order valence-electron chi connectivity index (χ1n) is 5.64. The summed E-state index contributed by atoms with van der Waals surface area (Å²) in [6.45, 7) is 5.94. The highest BCUT2D eigenvalue weighted by Gasteiger charge is 2.07. The fraction of sp³-hybridized carbons (Fsp3) is 0.455. The van der Waals surface area contributed by atoms with Gasteiger partial charge in [-0.25, -0.2) is 15.0 Å². The predicted octanol–water partition coefficient (Wildman–Crippen LogP) is 0.803. The molecule has 0 atom stereocenters. The third-order valence-electron chi connectivity index (χ3n) is 2.20. The Morgan fingerprint density at radius 2 is 2.00 bits per heavy atom. The Bertz CT molecular complexity index is 450. The van der Waals surface area contributed by atoms with E-state index in [1.807, 2.05) is 0 Å². The topological polar surface area (TPSA) is 68.5 Å². The molecule has 0 unspecified atom stereocenters. The summed E-state index contributed by atoms with van der Waals surface area (Å²) in [5.41, 5.74) is 0. The van der Waals surface area contributed by atoms with Crippen molar-refractivity contribution in [3.8, 4) is 5.95 Å². The monoisotopic (exact) mass is 232 g/mol. The van der Waals surface area contributed by atoms with E-state index in [1.165, 1.54) is 6.33 Å². The summed E-state index contributed by atoms with van der Waals surface area (Å²) >= 11 is 0. The van der Waals surface area contributed by atoms with Gasteiger partial charge in [-0.15, -0.1) is 0 Å². The van der Waals surface area contributed by atoms with Crippen LogP contribution < -0.4 is 5.32 Å². The van der Waals surface area contributed by atoms with E-state index in [0.717, 1.165) is 12.4 Å². The van der Waals surface area contributed by atoms with Crippen LogP contribution >= 0.6 is 0 Å². The average Bonchev–Trinajstić information content (AvgIpc) is 2.78. The molecular formula is C11H16N6. The number of hydrogen-bond donors (Lipinski definition) is 1. The Morgan fingerprint density at radius 3 is 2.71 bits per heavy atom. The van der Waals surface area contributed by atoms with Crippen molar-refractivity contribution in [3.05, 3.63) is 30.6 Å². The van der Waals surface area contributed by atoms with Crippen LogP contribution in [0.2, 0.25) is 0 Å². The molecular weight excluding hydrogens is 216 g/mol. The lowest BCUT2D eigenvalue weighted by Gasteiger charge is -2.07. The van der Waals surface area contributed by atoms with Crippen LogP contribution in [0.5, 0.6) is 0 Å². The molecule has 1 N–H and O–H groups in total. The van der Waals surface area contributed by atoms with Gasteiger partial charge >= 0.3 is 0 Å². The van der Waals surface area contributed by atoms with Gasteiger partial charge < -0.3 is 5.32 Å². The van der Waals surface area contributed by atoms with Crippen LogP contribution in [0.15, 0.2) is 24.8 Å². The highest BCUT2D eigenvalue weighted by atomic mass is 15.4. The first kappa shape index (κ1) is 11.7. The molecule has 6 heteroatoms. The molecule has 0 amide bonds. The summed E-state index contributed by atoms with van der Waals surface area (Å²) in [6.07, 6.45) is 4.90. The molecule has 2 rings (SSSR count). The second kappa shape index (κ2) is 5.49. The van der Waals surface area contributed by atoms with Crippen molar-refractivity contribution in [3.63, 3.8) is 0 Å². The summed E-state index contributed by atoms with van der Waals surface area (Å²) in [6, 6.07) is 1.77. The predicted molar refractivity (Wildman–Crippen MR) is 63.5 cm³/mol. The highest BCUT2D eigenvalue weighted by molar-refractivity contribution is 5.09. The Labute approximate surface area is 100 Å². The lowest BCUT2D eigenvalue weighted by molar-refractivity contribution is 0.536. The standard InChI is InChI=1S/C11H16N6/c1-9(2)6-12-7-10-15-8-16-17(10)11-13-4-3-5-14-11/h3-5,8-9,12H,6-7H2,1-2H3. The summed E-state index contributed by atoms with van der Waals surface area (Å²) < 4.78 is 1.65. The van der Waals surface area contributed by atoms with E-state index in [0.29, 0.717) is 18.4 Å². The minimum absolute atomic E-state index is 0.548. The Balaban J connectivity index is 2.07. The second-order valence-electron chi connectivity index (χ2n) is 4.16. The molecule has 0 aliphatic carbocycles. The molecule has 0 saturated heterocycles. The van der Waals surface area contributed by atoms with E-state index < -0.39 is 0 Å². The zero-order valence-corrected chi connectivity index (χ0v) is 10.0. The van der Waals surface area contributed by atoms with Crippen LogP contribution in [0.3, 0.4) is 0 Å². The van der Waals surface area contributed by atoms with Crippen LogP contribution in [0, 0.1) is 5.92 Å². The van der Waals surface area contributed by atoms with Crippen molar-refractivity contribution >= 4 is 0 Å². The van der Waals surface area contributed by atoms with E-state index in [4.69, 9.17) is 0 Å². The van der Waals surface area contributed by atoms with Crippen LogP contribution in [-0.2, 0) is 6.54 Å². The zero-order chi connectivity index (χ0) is 12.1. The van der Waals surface area contributed by atoms with E-state index in [-0.39, 0.29) is 0 Å². The molecule has 2 aromatic heterocycles. The van der Waals surface area contributed by atoms with Gasteiger partial charge in [0.05, 0.1) is 6.54 Å². The van der Waals surface area contributed by atoms with Crippen LogP contribution in [-0.4, -0.2) is 31.3 Å². The molecule has 0 aliphatic rings. The number of nitrogens with zero attached hydrogens (tertiary/aromatic N) is 5. The van der Waals surface area contributed by atoms with Gasteiger partial charge in [0.25, 0.3) is 5.95 Å². The third kappa shape index (κ3) is 3.07. The largest absolute Gasteiger partial charge is 0.310 e. The minimum atomic E-state index is 0.548. The third-order valence-corrected chi connectivity index (χ3v) is 2.20. The molecule has 6 nitrogen and oxygen atoms in total. The normalized spacial score (nSPS) is 11.0. The molecule has 0 bridgehead atoms. The quantitative estimate of drug-likeness (QED) is 0.826. The van der Waals surface area contributed by atoms with E-state index in [1.54, 1.807) is 23.1 Å². The van der Waals surface area contributed by atoms with Crippen molar-refractivity contribution in [2.75, 3.05) is 6.54 Å². The van der Waals surface area contributed by atoms with Gasteiger partial charge in [0.15, 0.2) is 0 Å². The molecule has 0 aliphatic heterocycles. The van der Waals surface area contributed by atoms with Crippen LogP contribution in [0.1, 0.15) is 19.7 Å². The van der Waals surface area contributed by atoms with Crippen LogP contribution in [0.25, 0.3) is 5.95 Å². The van der Waals surface area contributed by atoms with Gasteiger partial charge in [-0.05, 0) is 18.5 Å². The number of aromatic nitrogens is 5. The van der Waals surface area contributed by atoms with E-state index in [2.05, 4.69) is 39.2 Å². The van der Waals surface area contributed by atoms with E-state index in [9.17, 15) is 0 Å². The number of nitrogens with one attached hydrogen (secondary N) is 1. The fourth-order valence-corrected chi connectivity index (χ4v) is 1.43. The van der Waals surface area contributed by atoms with E-state index >= 15 is 0 Å². The Kier molecular flexibility index (Phi) is 3.77. The first-order chi connectivity index (χ1) is 8.27. The minimum Gasteiger partial charge on any atom is -0.310 e. The highest BCUT2D eigenvalue weighted by Crippen LogP contribution is 2.01. The summed E-state index contributed by atoms with van der Waals surface area (Å²) in [7, 11) is 0. The SMILES string of the molecule is CC(C)CNCc1ncnn1-c1ncccn1. The number of rotatable bonds is 5. The fourth-order valence-electron chi connectivity index (χ4n) is 1.43. The van der Waals surface area contributed by atoms with Crippen molar-refractivity contribution in [2.24, 2.45) is 5.92 Å². The molecule has 2 aromatic rings. The summed E-state index contributed by atoms with van der Waals surface area (Å²) in [5, 5.41) is 7.44. The number of hydrogen-bond acceptors (Lipinski definition) is 5. The molecule has 0 saturated carbocycles. The second-order valence-corrected chi connectivity index (χ2v) is 4.16. The lowest BCUT2D eigenvalue weighted by atomic mass is 10.2. The molecule has 0 fully saturated rings.